The van der Waals surface area contributed by atoms with E-state index >= 15 is 0 Å². The van der Waals surface area contributed by atoms with E-state index in [0.29, 0.717) is 18.7 Å². The van der Waals surface area contributed by atoms with Crippen molar-refractivity contribution < 1.29 is 17.9 Å². The van der Waals surface area contributed by atoms with E-state index in [1.54, 1.807) is 6.20 Å². The Hall–Kier alpha value is -2.00. The summed E-state index contributed by atoms with van der Waals surface area (Å²) in [5, 5.41) is 0.201. The fraction of sp³-hybridized carbons (Fsp3) is 0.478. The highest BCUT2D eigenvalue weighted by Crippen LogP contribution is 2.24. The molecule has 1 aromatic carbocycles. The topological polar surface area (TPSA) is 81.0 Å². The number of hydrogen-bond acceptors (Lipinski definition) is 5. The van der Waals surface area contributed by atoms with Gasteiger partial charge in [-0.2, -0.15) is 4.31 Å². The first-order chi connectivity index (χ1) is 15.4. The zero-order chi connectivity index (χ0) is 22.7. The molecule has 0 unspecified atom stereocenters. The molecule has 1 aliphatic carbocycles. The number of sulfonamides is 1. The number of halogens is 1. The van der Waals surface area contributed by atoms with Gasteiger partial charge in [-0.3, -0.25) is 14.4 Å². The van der Waals surface area contributed by atoms with Crippen molar-refractivity contribution in [2.24, 2.45) is 4.99 Å². The molecule has 2 aliphatic rings. The van der Waals surface area contributed by atoms with Gasteiger partial charge in [0.1, 0.15) is 5.49 Å². The monoisotopic (exact) mass is 477 g/mol. The van der Waals surface area contributed by atoms with Crippen molar-refractivity contribution in [2.75, 3.05) is 26.3 Å². The van der Waals surface area contributed by atoms with Crippen molar-refractivity contribution in [3.63, 3.8) is 0 Å². The lowest BCUT2D eigenvalue weighted by atomic mass is 9.96. The van der Waals surface area contributed by atoms with Crippen LogP contribution in [-0.2, 0) is 14.8 Å². The maximum atomic E-state index is 13.5. The average molecular weight is 478 g/mol. The maximum Gasteiger partial charge on any atom is 0.265 e. The van der Waals surface area contributed by atoms with Crippen LogP contribution in [-0.4, -0.2) is 55.5 Å². The van der Waals surface area contributed by atoms with Crippen LogP contribution in [0.4, 0.5) is 0 Å². The molecule has 1 aliphatic heterocycles. The standard InChI is InChI=1S/C23H28ClN3O4S/c1-17-9-10-27(22(15-17)25-18-5-3-2-4-6-18)23(28)20-16-19(7-8-21(20)24)32(29,30)26-11-13-31-14-12-26/h7-10,15-16,18H,2-6,11-14H2,1H3. The SMILES string of the molecule is Cc1ccn(C(=O)c2cc(S(=O)(=O)N3CCOCC3)ccc2Cl)c(=NC2CCCCC2)c1. The van der Waals surface area contributed by atoms with Crippen molar-refractivity contribution in [1.82, 2.24) is 8.87 Å². The van der Waals surface area contributed by atoms with Gasteiger partial charge in [-0.1, -0.05) is 30.9 Å². The molecule has 2 aromatic rings. The van der Waals surface area contributed by atoms with Crippen molar-refractivity contribution in [3.8, 4) is 0 Å². The number of hydrogen-bond donors (Lipinski definition) is 0. The summed E-state index contributed by atoms with van der Waals surface area (Å²) in [5.74, 6) is -0.399. The predicted octanol–water partition coefficient (Wildman–Crippen LogP) is 3.39. The highest BCUT2D eigenvalue weighted by atomic mass is 35.5. The predicted molar refractivity (Wildman–Crippen MR) is 122 cm³/mol. The van der Waals surface area contributed by atoms with E-state index in [0.717, 1.165) is 31.2 Å². The molecule has 32 heavy (non-hydrogen) atoms. The van der Waals surface area contributed by atoms with Gasteiger partial charge in [0, 0.05) is 19.3 Å². The van der Waals surface area contributed by atoms with E-state index in [4.69, 9.17) is 21.3 Å². The van der Waals surface area contributed by atoms with Gasteiger partial charge in [0.2, 0.25) is 10.0 Å². The summed E-state index contributed by atoms with van der Waals surface area (Å²) in [6, 6.07) is 8.18. The summed E-state index contributed by atoms with van der Waals surface area (Å²) in [6.07, 6.45) is 7.20. The Balaban J connectivity index is 1.73. The number of ether oxygens (including phenoxy) is 1. The van der Waals surface area contributed by atoms with Gasteiger partial charge in [0.15, 0.2) is 0 Å². The van der Waals surface area contributed by atoms with E-state index in [9.17, 15) is 13.2 Å². The lowest BCUT2D eigenvalue weighted by molar-refractivity contribution is 0.0730. The number of rotatable bonds is 4. The molecular formula is C23H28ClN3O4S. The third-order valence-corrected chi connectivity index (χ3v) is 8.20. The Bertz CT molecular complexity index is 1160. The fourth-order valence-corrected chi connectivity index (χ4v) is 5.79. The number of carbonyl (C=O) groups is 1. The zero-order valence-corrected chi connectivity index (χ0v) is 19.7. The molecule has 1 saturated carbocycles. The Kier molecular flexibility index (Phi) is 7.14. The normalized spacial score (nSPS) is 19.2. The molecule has 0 atom stereocenters. The molecule has 0 amide bonds. The number of aryl methyl sites for hydroxylation is 1. The molecule has 4 rings (SSSR count). The van der Waals surface area contributed by atoms with Gasteiger partial charge in [0.05, 0.1) is 34.7 Å². The van der Waals surface area contributed by atoms with Crippen molar-refractivity contribution in [1.29, 1.82) is 0 Å². The number of nitrogens with zero attached hydrogens (tertiary/aromatic N) is 3. The molecule has 0 radical (unpaired) electrons. The molecule has 1 saturated heterocycles. The lowest BCUT2D eigenvalue weighted by Crippen LogP contribution is -2.40. The summed E-state index contributed by atoms with van der Waals surface area (Å²) in [4.78, 5) is 18.4. The lowest BCUT2D eigenvalue weighted by Gasteiger charge is -2.26. The van der Waals surface area contributed by atoms with Crippen LogP contribution in [0.3, 0.4) is 0 Å². The van der Waals surface area contributed by atoms with Crippen LogP contribution in [0.15, 0.2) is 46.4 Å². The second kappa shape index (κ2) is 9.87. The Morgan fingerprint density at radius 3 is 2.53 bits per heavy atom. The maximum absolute atomic E-state index is 13.5. The molecule has 0 spiro atoms. The van der Waals surface area contributed by atoms with E-state index in [1.807, 2.05) is 19.1 Å². The molecule has 2 heterocycles. The average Bonchev–Trinajstić information content (AvgIpc) is 2.80. The minimum absolute atomic E-state index is 0.0469. The van der Waals surface area contributed by atoms with Crippen LogP contribution in [0.2, 0.25) is 5.02 Å². The first-order valence-electron chi connectivity index (χ1n) is 11.0. The quantitative estimate of drug-likeness (QED) is 0.676. The van der Waals surface area contributed by atoms with Crippen LogP contribution in [0, 0.1) is 6.92 Å². The van der Waals surface area contributed by atoms with Crippen LogP contribution in [0.25, 0.3) is 0 Å². The molecule has 172 valence electrons. The summed E-state index contributed by atoms with van der Waals surface area (Å²) < 4.78 is 34.2. The summed E-state index contributed by atoms with van der Waals surface area (Å²) in [6.45, 7) is 3.22. The Morgan fingerprint density at radius 2 is 1.81 bits per heavy atom. The van der Waals surface area contributed by atoms with Crippen LogP contribution in [0.1, 0.15) is 48.0 Å². The van der Waals surface area contributed by atoms with E-state index < -0.39 is 15.9 Å². The first-order valence-corrected chi connectivity index (χ1v) is 12.8. The molecule has 0 bridgehead atoms. The fourth-order valence-electron chi connectivity index (χ4n) is 4.15. The molecule has 2 fully saturated rings. The van der Waals surface area contributed by atoms with Gasteiger partial charge in [-0.15, -0.1) is 0 Å². The highest BCUT2D eigenvalue weighted by molar-refractivity contribution is 7.89. The van der Waals surface area contributed by atoms with Crippen molar-refractivity contribution >= 4 is 27.5 Å². The molecular weight excluding hydrogens is 450 g/mol. The largest absolute Gasteiger partial charge is 0.379 e. The number of aromatic nitrogens is 1. The van der Waals surface area contributed by atoms with Crippen LogP contribution in [0.5, 0.6) is 0 Å². The molecule has 0 N–H and O–H groups in total. The number of pyridine rings is 1. The number of morpholine rings is 1. The van der Waals surface area contributed by atoms with E-state index in [1.165, 1.54) is 33.5 Å². The Labute approximate surface area is 193 Å². The minimum Gasteiger partial charge on any atom is -0.379 e. The third kappa shape index (κ3) is 4.98. The summed E-state index contributed by atoms with van der Waals surface area (Å²) >= 11 is 6.36. The third-order valence-electron chi connectivity index (χ3n) is 5.97. The van der Waals surface area contributed by atoms with Gasteiger partial charge in [-0.25, -0.2) is 8.42 Å². The minimum atomic E-state index is -3.75. The van der Waals surface area contributed by atoms with Crippen molar-refractivity contribution in [3.05, 3.63) is 58.2 Å². The van der Waals surface area contributed by atoms with Gasteiger partial charge in [-0.05, 0) is 55.7 Å². The second-order valence-corrected chi connectivity index (χ2v) is 10.7. The smallest absolute Gasteiger partial charge is 0.265 e. The molecule has 7 nitrogen and oxygen atoms in total. The summed E-state index contributed by atoms with van der Waals surface area (Å²) in [7, 11) is -3.75. The number of benzene rings is 1. The van der Waals surface area contributed by atoms with E-state index in [-0.39, 0.29) is 34.6 Å². The summed E-state index contributed by atoms with van der Waals surface area (Å²) in [5.41, 5.74) is 1.70. The van der Waals surface area contributed by atoms with Crippen molar-refractivity contribution in [2.45, 2.75) is 50.0 Å². The van der Waals surface area contributed by atoms with Gasteiger partial charge < -0.3 is 4.74 Å². The molecule has 9 heteroatoms. The van der Waals surface area contributed by atoms with Gasteiger partial charge >= 0.3 is 0 Å². The molecule has 1 aromatic heterocycles. The van der Waals surface area contributed by atoms with Crippen LogP contribution < -0.4 is 5.49 Å². The second-order valence-electron chi connectivity index (χ2n) is 8.32. The number of carbonyl (C=O) groups excluding carboxylic acids is 1. The first kappa shape index (κ1) is 23.2. The van der Waals surface area contributed by atoms with E-state index in [2.05, 4.69) is 0 Å². The Morgan fingerprint density at radius 1 is 1.09 bits per heavy atom. The highest BCUT2D eigenvalue weighted by Gasteiger charge is 2.28. The van der Waals surface area contributed by atoms with Crippen LogP contribution >= 0.6 is 11.6 Å². The zero-order valence-electron chi connectivity index (χ0n) is 18.2. The van der Waals surface area contributed by atoms with Gasteiger partial charge in [0.25, 0.3) is 5.91 Å².